The summed E-state index contributed by atoms with van der Waals surface area (Å²) in [6.45, 7) is 0.271. The Balaban J connectivity index is 1.83. The lowest BCUT2D eigenvalue weighted by Gasteiger charge is -2.13. The van der Waals surface area contributed by atoms with Gasteiger partial charge in [0.1, 0.15) is 12.1 Å². The number of rotatable bonds is 3. The van der Waals surface area contributed by atoms with Crippen LogP contribution in [0.2, 0.25) is 0 Å². The topological polar surface area (TPSA) is 95.8 Å². The smallest absolute Gasteiger partial charge is 0.411 e. The van der Waals surface area contributed by atoms with E-state index in [0.29, 0.717) is 36.0 Å². The first kappa shape index (κ1) is 13.3. The van der Waals surface area contributed by atoms with Crippen LogP contribution in [0.1, 0.15) is 11.3 Å². The zero-order valence-corrected chi connectivity index (χ0v) is 11.1. The number of amides is 1. The lowest BCUT2D eigenvalue weighted by molar-refractivity contribution is 0.202. The van der Waals surface area contributed by atoms with Crippen LogP contribution in [0, 0.1) is 0 Å². The van der Waals surface area contributed by atoms with Crippen LogP contribution >= 0.6 is 0 Å². The van der Waals surface area contributed by atoms with Crippen LogP contribution in [0.3, 0.4) is 0 Å². The Bertz CT molecular complexity index is 690. The molecule has 0 bridgehead atoms. The Morgan fingerprint density at radius 3 is 2.95 bits per heavy atom. The number of hydrogen-bond donors (Lipinski definition) is 2. The summed E-state index contributed by atoms with van der Waals surface area (Å²) in [4.78, 5) is 20.2. The monoisotopic (exact) mass is 287 g/mol. The third kappa shape index (κ3) is 2.63. The summed E-state index contributed by atoms with van der Waals surface area (Å²) in [5, 5.41) is 18.1. The zero-order valence-electron chi connectivity index (χ0n) is 11.1. The Hall–Kier alpha value is -2.67. The molecular formula is C14H13N3O4. The first-order valence-electron chi connectivity index (χ1n) is 6.40. The average molecular weight is 287 g/mol. The van der Waals surface area contributed by atoms with Gasteiger partial charge in [0.15, 0.2) is 0 Å². The summed E-state index contributed by atoms with van der Waals surface area (Å²) in [5.41, 5.74) is 2.08. The van der Waals surface area contributed by atoms with Crippen molar-refractivity contribution in [3.8, 4) is 11.6 Å². The van der Waals surface area contributed by atoms with E-state index < -0.39 is 6.09 Å². The molecule has 1 aliphatic rings. The maximum absolute atomic E-state index is 11.1. The van der Waals surface area contributed by atoms with Crippen molar-refractivity contribution >= 4 is 11.8 Å². The van der Waals surface area contributed by atoms with Crippen molar-refractivity contribution < 1.29 is 19.7 Å². The van der Waals surface area contributed by atoms with Crippen LogP contribution < -0.4 is 9.64 Å². The van der Waals surface area contributed by atoms with E-state index >= 15 is 0 Å². The van der Waals surface area contributed by atoms with Gasteiger partial charge in [-0.15, -0.1) is 0 Å². The molecule has 0 saturated heterocycles. The number of anilines is 1. The average Bonchev–Trinajstić information content (AvgIpc) is 2.90. The van der Waals surface area contributed by atoms with Gasteiger partial charge in [0, 0.05) is 12.6 Å². The number of aromatic nitrogens is 2. The van der Waals surface area contributed by atoms with Crippen molar-refractivity contribution in [2.75, 3.05) is 11.4 Å². The van der Waals surface area contributed by atoms with E-state index in [2.05, 4.69) is 9.97 Å². The SMILES string of the molecule is O=C(O)N1CCc2cc(Oc3cc(CO)ncn3)ccc21. The molecule has 7 heteroatoms. The van der Waals surface area contributed by atoms with Crippen LogP contribution in [-0.2, 0) is 13.0 Å². The minimum atomic E-state index is -0.953. The first-order valence-corrected chi connectivity index (χ1v) is 6.40. The number of aliphatic hydroxyl groups is 1. The van der Waals surface area contributed by atoms with E-state index in [1.54, 1.807) is 24.3 Å². The molecule has 108 valence electrons. The van der Waals surface area contributed by atoms with Crippen LogP contribution in [0.4, 0.5) is 10.5 Å². The van der Waals surface area contributed by atoms with Gasteiger partial charge in [-0.25, -0.2) is 14.8 Å². The van der Waals surface area contributed by atoms with Crippen molar-refractivity contribution in [1.29, 1.82) is 0 Å². The number of benzene rings is 1. The maximum Gasteiger partial charge on any atom is 0.411 e. The summed E-state index contributed by atoms with van der Waals surface area (Å²) >= 11 is 0. The predicted octanol–water partition coefficient (Wildman–Crippen LogP) is 1.80. The predicted molar refractivity (Wildman–Crippen MR) is 73.5 cm³/mol. The highest BCUT2D eigenvalue weighted by Crippen LogP contribution is 2.32. The van der Waals surface area contributed by atoms with Crippen molar-refractivity contribution in [3.05, 3.63) is 41.9 Å². The van der Waals surface area contributed by atoms with Gasteiger partial charge in [-0.05, 0) is 30.2 Å². The molecule has 0 fully saturated rings. The van der Waals surface area contributed by atoms with Crippen molar-refractivity contribution in [2.24, 2.45) is 0 Å². The number of aliphatic hydroxyl groups excluding tert-OH is 1. The summed E-state index contributed by atoms with van der Waals surface area (Å²) in [7, 11) is 0. The number of nitrogens with zero attached hydrogens (tertiary/aromatic N) is 3. The molecule has 0 radical (unpaired) electrons. The summed E-state index contributed by atoms with van der Waals surface area (Å²) in [6.07, 6.45) is 1.02. The van der Waals surface area contributed by atoms with Gasteiger partial charge in [0.05, 0.1) is 18.0 Å². The van der Waals surface area contributed by atoms with E-state index in [1.807, 2.05) is 0 Å². The van der Waals surface area contributed by atoms with E-state index in [1.165, 1.54) is 11.2 Å². The maximum atomic E-state index is 11.1. The Morgan fingerprint density at radius 2 is 2.19 bits per heavy atom. The number of carbonyl (C=O) groups is 1. The van der Waals surface area contributed by atoms with Crippen LogP contribution in [0.25, 0.3) is 0 Å². The fraction of sp³-hybridized carbons (Fsp3) is 0.214. The zero-order chi connectivity index (χ0) is 14.8. The molecule has 0 unspecified atom stereocenters. The lowest BCUT2D eigenvalue weighted by Crippen LogP contribution is -2.26. The molecule has 2 heterocycles. The second-order valence-electron chi connectivity index (χ2n) is 4.58. The molecule has 1 aliphatic heterocycles. The van der Waals surface area contributed by atoms with E-state index in [9.17, 15) is 4.79 Å². The second kappa shape index (κ2) is 5.37. The molecule has 2 aromatic rings. The molecule has 1 aromatic heterocycles. The molecule has 7 nitrogen and oxygen atoms in total. The molecule has 3 rings (SSSR count). The molecular weight excluding hydrogens is 274 g/mol. The highest BCUT2D eigenvalue weighted by molar-refractivity contribution is 5.89. The Kier molecular flexibility index (Phi) is 3.41. The second-order valence-corrected chi connectivity index (χ2v) is 4.58. The summed E-state index contributed by atoms with van der Waals surface area (Å²) in [5.74, 6) is 0.908. The van der Waals surface area contributed by atoms with Gasteiger partial charge in [0.25, 0.3) is 0 Å². The van der Waals surface area contributed by atoms with Gasteiger partial charge in [-0.3, -0.25) is 4.90 Å². The molecule has 1 amide bonds. The summed E-state index contributed by atoms with van der Waals surface area (Å²) < 4.78 is 5.61. The molecule has 0 atom stereocenters. The third-order valence-corrected chi connectivity index (χ3v) is 3.26. The molecule has 21 heavy (non-hydrogen) atoms. The summed E-state index contributed by atoms with van der Waals surface area (Å²) in [6, 6.07) is 6.77. The Morgan fingerprint density at radius 1 is 1.33 bits per heavy atom. The highest BCUT2D eigenvalue weighted by Gasteiger charge is 2.24. The fourth-order valence-corrected chi connectivity index (χ4v) is 2.28. The van der Waals surface area contributed by atoms with Gasteiger partial charge >= 0.3 is 6.09 Å². The van der Waals surface area contributed by atoms with Crippen LogP contribution in [0.5, 0.6) is 11.6 Å². The molecule has 1 aromatic carbocycles. The van der Waals surface area contributed by atoms with Crippen LogP contribution in [0.15, 0.2) is 30.6 Å². The minimum Gasteiger partial charge on any atom is -0.465 e. The molecule has 0 spiro atoms. The lowest BCUT2D eigenvalue weighted by atomic mass is 10.1. The van der Waals surface area contributed by atoms with E-state index in [-0.39, 0.29) is 6.61 Å². The molecule has 0 saturated carbocycles. The van der Waals surface area contributed by atoms with Crippen molar-refractivity contribution in [1.82, 2.24) is 9.97 Å². The van der Waals surface area contributed by atoms with Gasteiger partial charge in [-0.1, -0.05) is 0 Å². The highest BCUT2D eigenvalue weighted by atomic mass is 16.5. The van der Waals surface area contributed by atoms with E-state index in [4.69, 9.17) is 14.9 Å². The van der Waals surface area contributed by atoms with Crippen molar-refractivity contribution in [3.63, 3.8) is 0 Å². The number of carboxylic acid groups (broad SMARTS) is 1. The number of hydrogen-bond acceptors (Lipinski definition) is 5. The number of fused-ring (bicyclic) bond motifs is 1. The normalized spacial score (nSPS) is 13.1. The Labute approximate surface area is 120 Å². The van der Waals surface area contributed by atoms with Gasteiger partial charge < -0.3 is 14.9 Å². The molecule has 2 N–H and O–H groups in total. The fourth-order valence-electron chi connectivity index (χ4n) is 2.28. The minimum absolute atomic E-state index is 0.184. The largest absolute Gasteiger partial charge is 0.465 e. The van der Waals surface area contributed by atoms with E-state index in [0.717, 1.165) is 5.56 Å². The van der Waals surface area contributed by atoms with Gasteiger partial charge in [0.2, 0.25) is 5.88 Å². The third-order valence-electron chi connectivity index (χ3n) is 3.26. The standard InChI is InChI=1S/C14H13N3O4/c18-7-10-6-13(16-8-15-10)21-11-1-2-12-9(5-11)3-4-17(12)14(19)20/h1-2,5-6,8,18H,3-4,7H2,(H,19,20). The first-order chi connectivity index (χ1) is 10.2. The van der Waals surface area contributed by atoms with Crippen molar-refractivity contribution in [2.45, 2.75) is 13.0 Å². The molecule has 0 aliphatic carbocycles. The quantitative estimate of drug-likeness (QED) is 0.893. The van der Waals surface area contributed by atoms with Crippen LogP contribution in [-0.4, -0.2) is 32.8 Å². The number of ether oxygens (including phenoxy) is 1. The van der Waals surface area contributed by atoms with Gasteiger partial charge in [-0.2, -0.15) is 0 Å².